The van der Waals surface area contributed by atoms with Crippen LogP contribution in [0.2, 0.25) is 0 Å². The maximum absolute atomic E-state index is 9.48. The molecule has 0 fully saturated rings. The molecule has 52 heavy (non-hydrogen) atoms. The van der Waals surface area contributed by atoms with Gasteiger partial charge < -0.3 is 14.4 Å². The Morgan fingerprint density at radius 3 is 2.02 bits per heavy atom. The van der Waals surface area contributed by atoms with E-state index in [0.29, 0.717) is 33.8 Å². The number of fused-ring (bicyclic) bond motifs is 3. The van der Waals surface area contributed by atoms with E-state index in [1.54, 1.807) is 18.3 Å². The van der Waals surface area contributed by atoms with Gasteiger partial charge in [-0.15, -0.1) is 54.1 Å². The molecule has 4 nitrogen and oxygen atoms in total. The Hall–Kier alpha value is -4.44. The largest absolute Gasteiger partial charge is 0.486 e. The van der Waals surface area contributed by atoms with Gasteiger partial charge in [-0.2, -0.15) is 0 Å². The zero-order valence-corrected chi connectivity index (χ0v) is 33.4. The normalized spacial score (nSPS) is 14.0. The molecule has 0 aliphatic heterocycles. The fraction of sp³-hybridized carbons (Fsp3) is 0.298. The Bertz CT molecular complexity index is 2430. The molecule has 0 amide bonds. The van der Waals surface area contributed by atoms with Crippen LogP contribution in [0.4, 0.5) is 0 Å². The number of pyridine rings is 3. The van der Waals surface area contributed by atoms with Crippen LogP contribution in [0.1, 0.15) is 104 Å². The molecular weight excluding hydrogens is 815 g/mol. The second-order valence-corrected chi connectivity index (χ2v) is 13.8. The van der Waals surface area contributed by atoms with Crippen LogP contribution in [-0.2, 0) is 20.1 Å². The first-order valence-corrected chi connectivity index (χ1v) is 17.5. The topological polar surface area (TPSA) is 51.8 Å². The number of furan rings is 1. The van der Waals surface area contributed by atoms with Gasteiger partial charge in [0.2, 0.25) is 5.71 Å². The van der Waals surface area contributed by atoms with Gasteiger partial charge in [-0.05, 0) is 88.2 Å². The van der Waals surface area contributed by atoms with Crippen LogP contribution in [0, 0.1) is 30.8 Å². The van der Waals surface area contributed by atoms with Crippen molar-refractivity contribution in [1.82, 2.24) is 15.0 Å². The summed E-state index contributed by atoms with van der Waals surface area (Å²) in [5.41, 5.74) is 7.38. The van der Waals surface area contributed by atoms with Gasteiger partial charge in [-0.3, -0.25) is 0 Å². The van der Waals surface area contributed by atoms with Crippen molar-refractivity contribution in [3.05, 3.63) is 138 Å². The standard InChI is InChI=1S/C36H41N2O.C11H8N.Ir/c1-20(2)25-12-10-13-26(21(3)4)34(25)31-17-16-28-27-14-11-15-29(35(27)39-36(28)38-31)32-18-30(24(9)19-37-32)33(22(5)6)23(7)8;1-2-6-10(7-3-1)11-8-4-5-9-12-11;/h10-14,16-23,33H,1-9H3;1-6,8-9H;/q2*-1;/i9D3,20D,21D,33D;;. The molecule has 7 aromatic rings. The molecular formula is C47H49IrN3O-2. The summed E-state index contributed by atoms with van der Waals surface area (Å²) >= 11 is 0. The second kappa shape index (κ2) is 16.9. The van der Waals surface area contributed by atoms with Crippen molar-refractivity contribution in [3.63, 3.8) is 0 Å². The smallest absolute Gasteiger partial charge is 0.216 e. The maximum Gasteiger partial charge on any atom is 0.216 e. The number of hydrogen-bond acceptors (Lipinski definition) is 4. The molecule has 0 atom stereocenters. The quantitative estimate of drug-likeness (QED) is 0.143. The first kappa shape index (κ1) is 31.1. The molecule has 1 radical (unpaired) electrons. The molecule has 0 aliphatic carbocycles. The first-order chi connectivity index (χ1) is 26.7. The fourth-order valence-electron chi connectivity index (χ4n) is 6.81. The Labute approximate surface area is 331 Å². The van der Waals surface area contributed by atoms with Crippen molar-refractivity contribution in [1.29, 1.82) is 0 Å². The number of benzene rings is 3. The van der Waals surface area contributed by atoms with E-state index >= 15 is 0 Å². The number of rotatable bonds is 8. The summed E-state index contributed by atoms with van der Waals surface area (Å²) in [5.74, 6) is -3.32. The van der Waals surface area contributed by atoms with Gasteiger partial charge in [0.1, 0.15) is 0 Å². The molecule has 0 saturated heterocycles. The van der Waals surface area contributed by atoms with E-state index in [4.69, 9.17) is 16.3 Å². The van der Waals surface area contributed by atoms with Crippen molar-refractivity contribution in [2.24, 2.45) is 11.8 Å². The molecule has 4 heterocycles. The summed E-state index contributed by atoms with van der Waals surface area (Å²) in [7, 11) is 0. The molecule has 7 rings (SSSR count). The van der Waals surface area contributed by atoms with E-state index in [1.165, 1.54) is 6.20 Å². The number of aryl methyl sites for hydroxylation is 1. The third kappa shape index (κ3) is 8.12. The maximum atomic E-state index is 9.48. The van der Waals surface area contributed by atoms with E-state index in [1.807, 2.05) is 134 Å². The van der Waals surface area contributed by atoms with Crippen LogP contribution in [0.5, 0.6) is 0 Å². The van der Waals surface area contributed by atoms with Gasteiger partial charge in [-0.25, -0.2) is 4.98 Å². The summed E-state index contributed by atoms with van der Waals surface area (Å²) in [5, 5.41) is 1.60. The summed E-state index contributed by atoms with van der Waals surface area (Å²) in [6.07, 6.45) is 3.16. The van der Waals surface area contributed by atoms with Gasteiger partial charge in [0.25, 0.3) is 0 Å². The summed E-state index contributed by atoms with van der Waals surface area (Å²) in [6.45, 7) is 12.7. The van der Waals surface area contributed by atoms with E-state index in [-0.39, 0.29) is 37.5 Å². The Morgan fingerprint density at radius 2 is 1.40 bits per heavy atom. The molecule has 0 spiro atoms. The Balaban J connectivity index is 0.000000419. The van der Waals surface area contributed by atoms with E-state index in [2.05, 4.69) is 22.1 Å². The Kier molecular flexibility index (Phi) is 10.1. The van der Waals surface area contributed by atoms with Gasteiger partial charge >= 0.3 is 0 Å². The van der Waals surface area contributed by atoms with Crippen molar-refractivity contribution < 1.29 is 32.7 Å². The molecule has 5 heteroatoms. The monoisotopic (exact) mass is 870 g/mol. The van der Waals surface area contributed by atoms with Crippen molar-refractivity contribution >= 4 is 22.1 Å². The molecule has 0 saturated carbocycles. The van der Waals surface area contributed by atoms with E-state index < -0.39 is 24.5 Å². The van der Waals surface area contributed by atoms with E-state index in [9.17, 15) is 1.37 Å². The SMILES string of the molecule is [2H]C([2H])([2H])c1cnc(-c2[c-]ccc3c2oc2nc(-c4c(C([2H])(C)C)cccc4C([2H])(C)C)ccc23)cc1C([2H])(C(C)C)C(C)C.[Ir].[c-]1ccccc1-c1ccccn1. The molecule has 0 aliphatic rings. The van der Waals surface area contributed by atoms with Gasteiger partial charge in [-0.1, -0.05) is 103 Å². The number of aromatic nitrogens is 3. The minimum Gasteiger partial charge on any atom is -0.486 e. The van der Waals surface area contributed by atoms with Crippen LogP contribution < -0.4 is 0 Å². The fourth-order valence-corrected chi connectivity index (χ4v) is 6.81. The first-order valence-electron chi connectivity index (χ1n) is 20.5. The zero-order chi connectivity index (χ0) is 41.5. The molecule has 0 bridgehead atoms. The van der Waals surface area contributed by atoms with Crippen LogP contribution in [-0.4, -0.2) is 15.0 Å². The molecule has 0 N–H and O–H groups in total. The van der Waals surface area contributed by atoms with Crippen molar-refractivity contribution in [3.8, 4) is 33.8 Å². The molecule has 3 aromatic carbocycles. The molecule has 0 unspecified atom stereocenters. The van der Waals surface area contributed by atoms with Crippen LogP contribution in [0.3, 0.4) is 0 Å². The van der Waals surface area contributed by atoms with Crippen LogP contribution >= 0.6 is 0 Å². The summed E-state index contributed by atoms with van der Waals surface area (Å²) < 4.78 is 58.2. The molecule has 4 aromatic heterocycles. The summed E-state index contributed by atoms with van der Waals surface area (Å²) in [4.78, 5) is 13.7. The third-order valence-electron chi connectivity index (χ3n) is 9.06. The minimum absolute atomic E-state index is 0. The third-order valence-corrected chi connectivity index (χ3v) is 9.06. The number of nitrogens with zero attached hydrogens (tertiary/aromatic N) is 3. The zero-order valence-electron chi connectivity index (χ0n) is 37.1. The summed E-state index contributed by atoms with van der Waals surface area (Å²) in [6, 6.07) is 35.1. The van der Waals surface area contributed by atoms with E-state index in [0.717, 1.165) is 38.7 Å². The number of hydrogen-bond donors (Lipinski definition) is 0. The second-order valence-electron chi connectivity index (χ2n) is 13.8. The predicted octanol–water partition coefficient (Wildman–Crippen LogP) is 13.0. The Morgan fingerprint density at radius 1 is 0.673 bits per heavy atom. The van der Waals surface area contributed by atoms with Crippen LogP contribution in [0.15, 0.2) is 108 Å². The van der Waals surface area contributed by atoms with Gasteiger partial charge in [0, 0.05) is 51.7 Å². The van der Waals surface area contributed by atoms with Crippen molar-refractivity contribution in [2.45, 2.75) is 79.9 Å². The van der Waals surface area contributed by atoms with Crippen molar-refractivity contribution in [2.75, 3.05) is 0 Å². The van der Waals surface area contributed by atoms with Crippen LogP contribution in [0.25, 0.3) is 55.8 Å². The predicted molar refractivity (Wildman–Crippen MR) is 213 cm³/mol. The minimum atomic E-state index is -2.43. The molecule has 269 valence electrons. The van der Waals surface area contributed by atoms with Gasteiger partial charge in [0.05, 0.1) is 11.3 Å². The van der Waals surface area contributed by atoms with Gasteiger partial charge in [0.15, 0.2) is 0 Å². The average Bonchev–Trinajstić information content (AvgIpc) is 3.55. The average molecular weight is 870 g/mol.